The average Bonchev–Trinajstić information content (AvgIpc) is 2.71. The lowest BCUT2D eigenvalue weighted by Gasteiger charge is -1.98. The number of aromatic amines is 1. The van der Waals surface area contributed by atoms with E-state index in [9.17, 15) is 0 Å². The fraction of sp³-hybridized carbons (Fsp3) is 0.300. The third kappa shape index (κ3) is 1.44. The van der Waals surface area contributed by atoms with Gasteiger partial charge in [0.2, 0.25) is 0 Å². The normalized spacial score (nSPS) is 13.1. The van der Waals surface area contributed by atoms with E-state index >= 15 is 0 Å². The zero-order chi connectivity index (χ0) is 10.1. The molecule has 0 amide bonds. The number of furan rings is 1. The Balaban J connectivity index is 2.39. The molecular weight excluding hydrogens is 178 g/mol. The van der Waals surface area contributed by atoms with Crippen LogP contribution in [0, 0.1) is 6.92 Å². The molecule has 0 aliphatic heterocycles. The van der Waals surface area contributed by atoms with Crippen LogP contribution in [0.5, 0.6) is 0 Å². The van der Waals surface area contributed by atoms with Crippen molar-refractivity contribution in [1.29, 1.82) is 0 Å². The summed E-state index contributed by atoms with van der Waals surface area (Å²) in [4.78, 5) is 7.34. The van der Waals surface area contributed by atoms with Gasteiger partial charge < -0.3 is 15.1 Å². The maximum absolute atomic E-state index is 5.72. The summed E-state index contributed by atoms with van der Waals surface area (Å²) in [5.74, 6) is 1.51. The SMILES string of the molecule is Cc1ccoc1-c1ncc(C(C)N)[nH]1. The second-order valence-corrected chi connectivity index (χ2v) is 3.41. The predicted molar refractivity (Wildman–Crippen MR) is 53.6 cm³/mol. The molecule has 0 bridgehead atoms. The molecule has 2 rings (SSSR count). The largest absolute Gasteiger partial charge is 0.461 e. The van der Waals surface area contributed by atoms with E-state index in [1.165, 1.54) is 0 Å². The summed E-state index contributed by atoms with van der Waals surface area (Å²) in [6, 6.07) is 1.87. The van der Waals surface area contributed by atoms with Crippen molar-refractivity contribution in [2.24, 2.45) is 5.73 Å². The molecule has 2 heterocycles. The molecule has 1 atom stereocenters. The van der Waals surface area contributed by atoms with Crippen LogP contribution in [0.1, 0.15) is 24.2 Å². The monoisotopic (exact) mass is 191 g/mol. The fourth-order valence-corrected chi connectivity index (χ4v) is 1.30. The van der Waals surface area contributed by atoms with Crippen LogP contribution in [0.15, 0.2) is 22.9 Å². The van der Waals surface area contributed by atoms with E-state index < -0.39 is 0 Å². The third-order valence-corrected chi connectivity index (χ3v) is 2.16. The lowest BCUT2D eigenvalue weighted by Crippen LogP contribution is -2.04. The van der Waals surface area contributed by atoms with Gasteiger partial charge in [-0.05, 0) is 25.5 Å². The van der Waals surface area contributed by atoms with Crippen LogP contribution in [0.4, 0.5) is 0 Å². The topological polar surface area (TPSA) is 67.8 Å². The molecule has 0 spiro atoms. The third-order valence-electron chi connectivity index (χ3n) is 2.16. The van der Waals surface area contributed by atoms with Gasteiger partial charge in [0.05, 0.1) is 18.2 Å². The first-order valence-electron chi connectivity index (χ1n) is 4.53. The van der Waals surface area contributed by atoms with E-state index in [4.69, 9.17) is 10.2 Å². The van der Waals surface area contributed by atoms with Gasteiger partial charge in [0.1, 0.15) is 0 Å². The summed E-state index contributed by atoms with van der Waals surface area (Å²) in [7, 11) is 0. The Labute approximate surface area is 82.1 Å². The van der Waals surface area contributed by atoms with Crippen molar-refractivity contribution in [2.45, 2.75) is 19.9 Å². The first-order chi connectivity index (χ1) is 6.68. The lowest BCUT2D eigenvalue weighted by atomic mass is 10.2. The van der Waals surface area contributed by atoms with Gasteiger partial charge in [-0.3, -0.25) is 0 Å². The van der Waals surface area contributed by atoms with Crippen molar-refractivity contribution in [3.8, 4) is 11.6 Å². The Morgan fingerprint density at radius 1 is 1.57 bits per heavy atom. The van der Waals surface area contributed by atoms with Gasteiger partial charge in [-0.1, -0.05) is 0 Å². The molecule has 1 unspecified atom stereocenters. The molecule has 4 heteroatoms. The quantitative estimate of drug-likeness (QED) is 0.762. The molecular formula is C10H13N3O. The van der Waals surface area contributed by atoms with Crippen LogP contribution in [0.25, 0.3) is 11.6 Å². The first kappa shape index (κ1) is 9.02. The Hall–Kier alpha value is -1.55. The van der Waals surface area contributed by atoms with Crippen molar-refractivity contribution in [3.05, 3.63) is 29.8 Å². The second kappa shape index (κ2) is 3.31. The minimum Gasteiger partial charge on any atom is -0.461 e. The number of hydrogen-bond donors (Lipinski definition) is 2. The van der Waals surface area contributed by atoms with Crippen molar-refractivity contribution >= 4 is 0 Å². The van der Waals surface area contributed by atoms with Crippen LogP contribution >= 0.6 is 0 Å². The van der Waals surface area contributed by atoms with Crippen molar-refractivity contribution < 1.29 is 4.42 Å². The Morgan fingerprint density at radius 2 is 2.36 bits per heavy atom. The number of imidazole rings is 1. The standard InChI is InChI=1S/C10H13N3O/c1-6-3-4-14-9(6)10-12-5-8(13-10)7(2)11/h3-5,7H,11H2,1-2H3,(H,12,13). The highest BCUT2D eigenvalue weighted by Crippen LogP contribution is 2.22. The van der Waals surface area contributed by atoms with Gasteiger partial charge in [0, 0.05) is 6.04 Å². The van der Waals surface area contributed by atoms with Gasteiger partial charge in [-0.15, -0.1) is 0 Å². The number of H-pyrrole nitrogens is 1. The van der Waals surface area contributed by atoms with E-state index in [0.717, 1.165) is 22.8 Å². The second-order valence-electron chi connectivity index (χ2n) is 3.41. The average molecular weight is 191 g/mol. The molecule has 2 aromatic rings. The summed E-state index contributed by atoms with van der Waals surface area (Å²) in [6.45, 7) is 3.89. The predicted octanol–water partition coefficient (Wildman–Crippen LogP) is 2.00. The van der Waals surface area contributed by atoms with Crippen LogP contribution in [-0.4, -0.2) is 9.97 Å². The summed E-state index contributed by atoms with van der Waals surface area (Å²) < 4.78 is 5.31. The highest BCUT2D eigenvalue weighted by Gasteiger charge is 2.10. The maximum Gasteiger partial charge on any atom is 0.174 e. The minimum absolute atomic E-state index is 0.0356. The number of nitrogens with zero attached hydrogens (tertiary/aromatic N) is 1. The van der Waals surface area contributed by atoms with Crippen LogP contribution in [0.3, 0.4) is 0 Å². The molecule has 74 valence electrons. The zero-order valence-electron chi connectivity index (χ0n) is 8.24. The fourth-order valence-electron chi connectivity index (χ4n) is 1.30. The van der Waals surface area contributed by atoms with E-state index in [-0.39, 0.29) is 6.04 Å². The summed E-state index contributed by atoms with van der Waals surface area (Å²) in [5.41, 5.74) is 7.69. The van der Waals surface area contributed by atoms with Crippen molar-refractivity contribution in [2.75, 3.05) is 0 Å². The van der Waals surface area contributed by atoms with Gasteiger partial charge in [0.15, 0.2) is 11.6 Å². The molecule has 2 aromatic heterocycles. The Kier molecular flexibility index (Phi) is 2.13. The molecule has 0 aliphatic rings. The molecule has 0 saturated carbocycles. The molecule has 0 aliphatic carbocycles. The molecule has 0 fully saturated rings. The molecule has 0 saturated heterocycles. The number of nitrogens with two attached hydrogens (primary N) is 1. The molecule has 0 aromatic carbocycles. The smallest absolute Gasteiger partial charge is 0.174 e. The van der Waals surface area contributed by atoms with Crippen molar-refractivity contribution in [1.82, 2.24) is 9.97 Å². The highest BCUT2D eigenvalue weighted by molar-refractivity contribution is 5.52. The number of nitrogens with one attached hydrogen (secondary N) is 1. The number of hydrogen-bond acceptors (Lipinski definition) is 3. The Morgan fingerprint density at radius 3 is 2.86 bits per heavy atom. The summed E-state index contributed by atoms with van der Waals surface area (Å²) >= 11 is 0. The molecule has 4 nitrogen and oxygen atoms in total. The Bertz CT molecular complexity index is 428. The van der Waals surface area contributed by atoms with Gasteiger partial charge in [-0.25, -0.2) is 4.98 Å². The van der Waals surface area contributed by atoms with Gasteiger partial charge >= 0.3 is 0 Å². The van der Waals surface area contributed by atoms with E-state index in [1.807, 2.05) is 19.9 Å². The van der Waals surface area contributed by atoms with Crippen LogP contribution < -0.4 is 5.73 Å². The summed E-state index contributed by atoms with van der Waals surface area (Å²) in [6.07, 6.45) is 3.39. The van der Waals surface area contributed by atoms with Gasteiger partial charge in [0.25, 0.3) is 0 Å². The highest BCUT2D eigenvalue weighted by atomic mass is 16.3. The number of aryl methyl sites for hydroxylation is 1. The lowest BCUT2D eigenvalue weighted by molar-refractivity contribution is 0.576. The van der Waals surface area contributed by atoms with E-state index in [1.54, 1.807) is 12.5 Å². The van der Waals surface area contributed by atoms with Crippen LogP contribution in [-0.2, 0) is 0 Å². The minimum atomic E-state index is -0.0356. The number of rotatable bonds is 2. The van der Waals surface area contributed by atoms with Gasteiger partial charge in [-0.2, -0.15) is 0 Å². The number of aromatic nitrogens is 2. The molecule has 3 N–H and O–H groups in total. The summed E-state index contributed by atoms with van der Waals surface area (Å²) in [5, 5.41) is 0. The van der Waals surface area contributed by atoms with Crippen LogP contribution in [0.2, 0.25) is 0 Å². The first-order valence-corrected chi connectivity index (χ1v) is 4.53. The zero-order valence-corrected chi connectivity index (χ0v) is 8.24. The van der Waals surface area contributed by atoms with Crippen molar-refractivity contribution in [3.63, 3.8) is 0 Å². The van der Waals surface area contributed by atoms with E-state index in [2.05, 4.69) is 9.97 Å². The maximum atomic E-state index is 5.72. The van der Waals surface area contributed by atoms with E-state index in [0.29, 0.717) is 0 Å². The molecule has 14 heavy (non-hydrogen) atoms. The molecule has 0 radical (unpaired) electrons.